The summed E-state index contributed by atoms with van der Waals surface area (Å²) in [4.78, 5) is 49.7. The maximum absolute atomic E-state index is 13.0. The number of carboxylic acids is 1. The number of nitrogens with zero attached hydrogens (tertiary/aromatic N) is 2. The number of barbiturate groups is 1. The first-order valence-electron chi connectivity index (χ1n) is 9.03. The van der Waals surface area contributed by atoms with Crippen molar-refractivity contribution in [3.8, 4) is 5.69 Å². The Bertz CT molecular complexity index is 1260. The first-order chi connectivity index (χ1) is 14.8. The highest BCUT2D eigenvalue weighted by Gasteiger charge is 2.37. The van der Waals surface area contributed by atoms with Crippen LogP contribution in [0.5, 0.6) is 0 Å². The molecule has 2 heterocycles. The van der Waals surface area contributed by atoms with Gasteiger partial charge in [0.05, 0.1) is 11.3 Å². The van der Waals surface area contributed by atoms with Crippen LogP contribution in [0.4, 0.5) is 10.5 Å². The van der Waals surface area contributed by atoms with Gasteiger partial charge in [-0.1, -0.05) is 22.0 Å². The summed E-state index contributed by atoms with van der Waals surface area (Å²) < 4.78 is 2.37. The summed E-state index contributed by atoms with van der Waals surface area (Å²) in [5.41, 5.74) is 1.40. The molecular formula is C22H14BrN3O5. The Morgan fingerprint density at radius 3 is 2.39 bits per heavy atom. The van der Waals surface area contributed by atoms with Crippen molar-refractivity contribution < 1.29 is 24.3 Å². The molecule has 9 heteroatoms. The number of carbonyl (C=O) groups excluding carboxylic acids is 3. The number of aromatic carboxylic acids is 1. The Kier molecular flexibility index (Phi) is 5.26. The van der Waals surface area contributed by atoms with Gasteiger partial charge in [-0.2, -0.15) is 0 Å². The third-order valence-corrected chi connectivity index (χ3v) is 5.13. The van der Waals surface area contributed by atoms with E-state index < -0.39 is 23.8 Å². The normalized spacial score (nSPS) is 15.3. The minimum absolute atomic E-state index is 0.140. The average Bonchev–Trinajstić information content (AvgIpc) is 3.19. The van der Waals surface area contributed by atoms with Crippen molar-refractivity contribution in [2.75, 3.05) is 4.90 Å². The number of imide groups is 2. The van der Waals surface area contributed by atoms with Crippen molar-refractivity contribution in [2.24, 2.45) is 0 Å². The molecule has 4 amide bonds. The molecule has 0 atom stereocenters. The van der Waals surface area contributed by atoms with E-state index in [9.17, 15) is 19.2 Å². The zero-order valence-corrected chi connectivity index (χ0v) is 17.4. The van der Waals surface area contributed by atoms with E-state index >= 15 is 0 Å². The second kappa shape index (κ2) is 8.04. The van der Waals surface area contributed by atoms with E-state index in [-0.39, 0.29) is 11.1 Å². The van der Waals surface area contributed by atoms with Gasteiger partial charge in [-0.25, -0.2) is 14.5 Å². The lowest BCUT2D eigenvalue weighted by molar-refractivity contribution is -0.122. The van der Waals surface area contributed by atoms with Crippen LogP contribution in [-0.2, 0) is 9.59 Å². The number of amides is 4. The largest absolute Gasteiger partial charge is 0.478 e. The quantitative estimate of drug-likeness (QED) is 0.438. The number of rotatable bonds is 4. The molecular weight excluding hydrogens is 466 g/mol. The van der Waals surface area contributed by atoms with Crippen LogP contribution in [0.2, 0.25) is 0 Å². The Hall–Kier alpha value is -3.98. The zero-order valence-electron chi connectivity index (χ0n) is 15.8. The summed E-state index contributed by atoms with van der Waals surface area (Å²) in [6.07, 6.45) is 3.10. The molecule has 1 saturated heterocycles. The van der Waals surface area contributed by atoms with Crippen molar-refractivity contribution in [3.63, 3.8) is 0 Å². The van der Waals surface area contributed by atoms with Crippen molar-refractivity contribution in [1.82, 2.24) is 9.88 Å². The summed E-state index contributed by atoms with van der Waals surface area (Å²) in [6, 6.07) is 15.3. The molecule has 0 radical (unpaired) electrons. The van der Waals surface area contributed by atoms with Gasteiger partial charge in [-0.15, -0.1) is 0 Å². The highest BCUT2D eigenvalue weighted by atomic mass is 79.9. The van der Waals surface area contributed by atoms with Crippen molar-refractivity contribution in [2.45, 2.75) is 0 Å². The minimum atomic E-state index is -1.04. The fourth-order valence-electron chi connectivity index (χ4n) is 3.17. The smallest absolute Gasteiger partial charge is 0.335 e. The molecule has 1 aromatic heterocycles. The first-order valence-corrected chi connectivity index (χ1v) is 9.82. The summed E-state index contributed by atoms with van der Waals surface area (Å²) in [5.74, 6) is -2.58. The lowest BCUT2D eigenvalue weighted by Crippen LogP contribution is -2.54. The van der Waals surface area contributed by atoms with E-state index in [0.29, 0.717) is 21.5 Å². The lowest BCUT2D eigenvalue weighted by Gasteiger charge is -2.26. The summed E-state index contributed by atoms with van der Waals surface area (Å²) in [6.45, 7) is 0. The van der Waals surface area contributed by atoms with Crippen molar-refractivity contribution >= 4 is 51.5 Å². The number of urea groups is 1. The first kappa shape index (κ1) is 20.3. The van der Waals surface area contributed by atoms with Gasteiger partial charge < -0.3 is 9.67 Å². The fraction of sp³-hybridized carbons (Fsp3) is 0. The third-order valence-electron chi connectivity index (χ3n) is 4.63. The molecule has 1 aliphatic heterocycles. The molecule has 0 spiro atoms. The van der Waals surface area contributed by atoms with E-state index in [1.165, 1.54) is 18.2 Å². The third kappa shape index (κ3) is 3.90. The minimum Gasteiger partial charge on any atom is -0.478 e. The van der Waals surface area contributed by atoms with Crippen LogP contribution in [0.15, 0.2) is 76.9 Å². The molecule has 0 saturated carbocycles. The van der Waals surface area contributed by atoms with Crippen LogP contribution in [0, 0.1) is 0 Å². The topological polar surface area (TPSA) is 109 Å². The number of nitrogens with one attached hydrogen (secondary N) is 1. The van der Waals surface area contributed by atoms with Crippen LogP contribution in [0.25, 0.3) is 11.8 Å². The molecule has 0 aliphatic carbocycles. The van der Waals surface area contributed by atoms with E-state index in [4.69, 9.17) is 5.11 Å². The predicted molar refractivity (Wildman–Crippen MR) is 116 cm³/mol. The van der Waals surface area contributed by atoms with Crippen LogP contribution in [0.3, 0.4) is 0 Å². The highest BCUT2D eigenvalue weighted by molar-refractivity contribution is 9.10. The standard InChI is InChI=1S/C22H14BrN3O5/c23-14-3-1-4-17(11-14)26-20(28)18(19(27)24-22(26)31)12-16-5-2-10-25(16)15-8-6-13(7-9-15)21(29)30/h1-12H,(H,29,30)(H,24,27,31). The molecule has 1 fully saturated rings. The van der Waals surface area contributed by atoms with Crippen molar-refractivity contribution in [3.05, 3.63) is 88.2 Å². The number of carbonyl (C=O) groups is 4. The summed E-state index contributed by atoms with van der Waals surface area (Å²) in [5, 5.41) is 11.2. The van der Waals surface area contributed by atoms with Gasteiger partial charge in [0.15, 0.2) is 0 Å². The number of aromatic nitrogens is 1. The van der Waals surface area contributed by atoms with Crippen LogP contribution < -0.4 is 10.2 Å². The van der Waals surface area contributed by atoms with Crippen LogP contribution in [0.1, 0.15) is 16.1 Å². The van der Waals surface area contributed by atoms with E-state index in [1.807, 2.05) is 0 Å². The lowest BCUT2D eigenvalue weighted by atomic mass is 10.1. The number of hydrogen-bond acceptors (Lipinski definition) is 4. The van der Waals surface area contributed by atoms with Gasteiger partial charge in [0.1, 0.15) is 5.57 Å². The van der Waals surface area contributed by atoms with Gasteiger partial charge in [-0.3, -0.25) is 14.9 Å². The summed E-state index contributed by atoms with van der Waals surface area (Å²) in [7, 11) is 0. The molecule has 0 bridgehead atoms. The van der Waals surface area contributed by atoms with Crippen LogP contribution >= 0.6 is 15.9 Å². The predicted octanol–water partition coefficient (Wildman–Crippen LogP) is 3.60. The van der Waals surface area contributed by atoms with Gasteiger partial charge >= 0.3 is 12.0 Å². The maximum Gasteiger partial charge on any atom is 0.335 e. The van der Waals surface area contributed by atoms with E-state index in [1.54, 1.807) is 59.3 Å². The second-order valence-electron chi connectivity index (χ2n) is 6.59. The van der Waals surface area contributed by atoms with Gasteiger partial charge in [-0.05, 0) is 60.7 Å². The fourth-order valence-corrected chi connectivity index (χ4v) is 3.55. The highest BCUT2D eigenvalue weighted by Crippen LogP contribution is 2.25. The Balaban J connectivity index is 1.72. The van der Waals surface area contributed by atoms with Gasteiger partial charge in [0, 0.05) is 22.1 Å². The average molecular weight is 480 g/mol. The number of carboxylic acid groups (broad SMARTS) is 1. The van der Waals surface area contributed by atoms with Crippen LogP contribution in [-0.4, -0.2) is 33.5 Å². The molecule has 0 unspecified atom stereocenters. The van der Waals surface area contributed by atoms with Gasteiger partial charge in [0.25, 0.3) is 11.8 Å². The van der Waals surface area contributed by atoms with Gasteiger partial charge in [0.2, 0.25) is 0 Å². The van der Waals surface area contributed by atoms with Crippen molar-refractivity contribution in [1.29, 1.82) is 0 Å². The molecule has 2 N–H and O–H groups in total. The number of hydrogen-bond donors (Lipinski definition) is 2. The molecule has 3 aromatic rings. The molecule has 31 heavy (non-hydrogen) atoms. The number of halogens is 1. The molecule has 1 aliphatic rings. The monoisotopic (exact) mass is 479 g/mol. The summed E-state index contributed by atoms with van der Waals surface area (Å²) >= 11 is 3.30. The molecule has 154 valence electrons. The number of benzene rings is 2. The Morgan fingerprint density at radius 2 is 1.71 bits per heavy atom. The molecule has 2 aromatic carbocycles. The van der Waals surface area contributed by atoms with E-state index in [0.717, 1.165) is 4.90 Å². The Morgan fingerprint density at radius 1 is 0.968 bits per heavy atom. The molecule has 4 rings (SSSR count). The van der Waals surface area contributed by atoms with E-state index in [2.05, 4.69) is 21.2 Å². The second-order valence-corrected chi connectivity index (χ2v) is 7.51. The Labute approximate surface area is 184 Å². The maximum atomic E-state index is 13.0. The number of anilines is 1. The molecule has 8 nitrogen and oxygen atoms in total. The SMILES string of the molecule is O=C1NC(=O)N(c2cccc(Br)c2)C(=O)C1=Cc1cccn1-c1ccc(C(=O)O)cc1. The zero-order chi connectivity index (χ0) is 22.1.